The minimum absolute atomic E-state index is 0.0426. The van der Waals surface area contributed by atoms with Crippen molar-refractivity contribution in [3.63, 3.8) is 0 Å². The average Bonchev–Trinajstić information content (AvgIpc) is 3.09. The Morgan fingerprint density at radius 3 is 2.54 bits per heavy atom. The first-order chi connectivity index (χ1) is 12.6. The van der Waals surface area contributed by atoms with E-state index in [9.17, 15) is 4.79 Å². The summed E-state index contributed by atoms with van der Waals surface area (Å²) in [5.74, 6) is 0.448. The Balaban J connectivity index is 1.54. The molecular weight excluding hydrogens is 324 g/mol. The number of benzene rings is 2. The van der Waals surface area contributed by atoms with Crippen LogP contribution in [0.25, 0.3) is 0 Å². The van der Waals surface area contributed by atoms with Crippen LogP contribution in [0.3, 0.4) is 0 Å². The Labute approximate surface area is 154 Å². The molecule has 4 N–H and O–H groups in total. The molecule has 0 saturated heterocycles. The molecule has 0 saturated carbocycles. The van der Waals surface area contributed by atoms with Gasteiger partial charge in [0, 0.05) is 17.8 Å². The van der Waals surface area contributed by atoms with Gasteiger partial charge in [0.2, 0.25) is 5.91 Å². The number of nitrogens with zero attached hydrogens (tertiary/aromatic N) is 1. The number of anilines is 2. The summed E-state index contributed by atoms with van der Waals surface area (Å²) in [6.07, 6.45) is 4.93. The average molecular weight is 350 g/mol. The van der Waals surface area contributed by atoms with Crippen molar-refractivity contribution in [1.82, 2.24) is 0 Å². The third-order valence-corrected chi connectivity index (χ3v) is 4.52. The zero-order valence-corrected chi connectivity index (χ0v) is 15.2. The SMILES string of the molecule is CCCC(=O)Nc1ccc(CN=C(N)Nc2ccc3c(c2)CCC3)cc1. The molecule has 2 aromatic carbocycles. The summed E-state index contributed by atoms with van der Waals surface area (Å²) in [5.41, 5.74) is 11.7. The summed E-state index contributed by atoms with van der Waals surface area (Å²) >= 11 is 0. The molecule has 0 atom stereocenters. The molecule has 26 heavy (non-hydrogen) atoms. The lowest BCUT2D eigenvalue weighted by atomic mass is 10.1. The highest BCUT2D eigenvalue weighted by molar-refractivity contribution is 5.92. The monoisotopic (exact) mass is 350 g/mol. The number of guanidine groups is 1. The second-order valence-electron chi connectivity index (χ2n) is 6.66. The summed E-state index contributed by atoms with van der Waals surface area (Å²) in [4.78, 5) is 16.0. The van der Waals surface area contributed by atoms with Gasteiger partial charge in [-0.2, -0.15) is 0 Å². The smallest absolute Gasteiger partial charge is 0.224 e. The van der Waals surface area contributed by atoms with E-state index in [4.69, 9.17) is 5.73 Å². The molecule has 5 heteroatoms. The van der Waals surface area contributed by atoms with E-state index in [2.05, 4.69) is 33.8 Å². The Bertz CT molecular complexity index is 796. The molecule has 0 aliphatic heterocycles. The summed E-state index contributed by atoms with van der Waals surface area (Å²) in [7, 11) is 0. The van der Waals surface area contributed by atoms with Crippen molar-refractivity contribution in [2.75, 3.05) is 10.6 Å². The zero-order valence-electron chi connectivity index (χ0n) is 15.2. The lowest BCUT2D eigenvalue weighted by molar-refractivity contribution is -0.116. The second-order valence-corrected chi connectivity index (χ2v) is 6.66. The van der Waals surface area contributed by atoms with Crippen LogP contribution in [-0.2, 0) is 24.2 Å². The number of hydrogen-bond acceptors (Lipinski definition) is 2. The number of hydrogen-bond donors (Lipinski definition) is 3. The summed E-state index contributed by atoms with van der Waals surface area (Å²) in [5, 5.41) is 6.04. The van der Waals surface area contributed by atoms with Crippen LogP contribution in [0.1, 0.15) is 42.9 Å². The van der Waals surface area contributed by atoms with E-state index >= 15 is 0 Å². The van der Waals surface area contributed by atoms with Crippen LogP contribution >= 0.6 is 0 Å². The molecular formula is C21H26N4O. The van der Waals surface area contributed by atoms with Crippen molar-refractivity contribution >= 4 is 23.2 Å². The van der Waals surface area contributed by atoms with Crippen molar-refractivity contribution in [2.24, 2.45) is 10.7 Å². The number of aryl methyl sites for hydroxylation is 2. The van der Waals surface area contributed by atoms with Crippen LogP contribution in [0.2, 0.25) is 0 Å². The van der Waals surface area contributed by atoms with Gasteiger partial charge in [-0.3, -0.25) is 4.79 Å². The first-order valence-electron chi connectivity index (χ1n) is 9.21. The number of rotatable bonds is 6. The molecule has 1 aliphatic rings. The largest absolute Gasteiger partial charge is 0.370 e. The van der Waals surface area contributed by atoms with Crippen LogP contribution in [0.5, 0.6) is 0 Å². The first-order valence-corrected chi connectivity index (χ1v) is 9.21. The van der Waals surface area contributed by atoms with Gasteiger partial charge in [-0.1, -0.05) is 25.1 Å². The Morgan fingerprint density at radius 1 is 1.04 bits per heavy atom. The summed E-state index contributed by atoms with van der Waals surface area (Å²) in [6, 6.07) is 14.1. The van der Waals surface area contributed by atoms with E-state index in [1.165, 1.54) is 24.0 Å². The molecule has 0 unspecified atom stereocenters. The molecule has 0 heterocycles. The Morgan fingerprint density at radius 2 is 1.77 bits per heavy atom. The fourth-order valence-corrected chi connectivity index (χ4v) is 3.16. The predicted octanol–water partition coefficient (Wildman–Crippen LogP) is 3.84. The normalized spacial score (nSPS) is 13.3. The second kappa shape index (κ2) is 8.52. The first kappa shape index (κ1) is 18.0. The van der Waals surface area contributed by atoms with Gasteiger partial charge in [0.15, 0.2) is 5.96 Å². The van der Waals surface area contributed by atoms with Crippen LogP contribution < -0.4 is 16.4 Å². The van der Waals surface area contributed by atoms with Gasteiger partial charge in [0.25, 0.3) is 0 Å². The van der Waals surface area contributed by atoms with E-state index in [0.29, 0.717) is 18.9 Å². The van der Waals surface area contributed by atoms with Crippen LogP contribution in [0.15, 0.2) is 47.5 Å². The quantitative estimate of drug-likeness (QED) is 0.547. The molecule has 1 amide bonds. The Hall–Kier alpha value is -2.82. The van der Waals surface area contributed by atoms with Crippen molar-refractivity contribution in [1.29, 1.82) is 0 Å². The van der Waals surface area contributed by atoms with Crippen molar-refractivity contribution in [3.05, 3.63) is 59.2 Å². The van der Waals surface area contributed by atoms with Crippen LogP contribution in [-0.4, -0.2) is 11.9 Å². The molecule has 136 valence electrons. The van der Waals surface area contributed by atoms with Gasteiger partial charge < -0.3 is 16.4 Å². The van der Waals surface area contributed by atoms with E-state index in [1.807, 2.05) is 31.2 Å². The van der Waals surface area contributed by atoms with Gasteiger partial charge in [-0.25, -0.2) is 4.99 Å². The van der Waals surface area contributed by atoms with Crippen LogP contribution in [0.4, 0.5) is 11.4 Å². The summed E-state index contributed by atoms with van der Waals surface area (Å²) in [6.45, 7) is 2.48. The standard InChI is InChI=1S/C21H26N4O/c1-2-4-20(26)24-18-10-7-15(8-11-18)14-23-21(22)25-19-12-9-16-5-3-6-17(16)13-19/h7-13H,2-6,14H2,1H3,(H,24,26)(H3,22,23,25). The van der Waals surface area contributed by atoms with E-state index in [1.54, 1.807) is 0 Å². The fraction of sp³-hybridized carbons (Fsp3) is 0.333. The number of carbonyl (C=O) groups excluding carboxylic acids is 1. The maximum absolute atomic E-state index is 11.6. The number of carbonyl (C=O) groups is 1. The van der Waals surface area contributed by atoms with Gasteiger partial charge in [-0.05, 0) is 66.6 Å². The number of nitrogens with one attached hydrogen (secondary N) is 2. The highest BCUT2D eigenvalue weighted by atomic mass is 16.1. The number of nitrogens with two attached hydrogens (primary N) is 1. The molecule has 0 bridgehead atoms. The number of aliphatic imine (C=N–C) groups is 1. The minimum atomic E-state index is 0.0426. The molecule has 0 fully saturated rings. The summed E-state index contributed by atoms with van der Waals surface area (Å²) < 4.78 is 0. The number of fused-ring (bicyclic) bond motifs is 1. The highest BCUT2D eigenvalue weighted by Crippen LogP contribution is 2.24. The van der Waals surface area contributed by atoms with E-state index in [0.717, 1.165) is 29.8 Å². The highest BCUT2D eigenvalue weighted by Gasteiger charge is 2.10. The van der Waals surface area contributed by atoms with Crippen molar-refractivity contribution in [2.45, 2.75) is 45.6 Å². The molecule has 0 aromatic heterocycles. The van der Waals surface area contributed by atoms with Crippen molar-refractivity contribution < 1.29 is 4.79 Å². The molecule has 0 spiro atoms. The topological polar surface area (TPSA) is 79.5 Å². The lowest BCUT2D eigenvalue weighted by Crippen LogP contribution is -2.22. The Kier molecular flexibility index (Phi) is 5.89. The molecule has 1 aliphatic carbocycles. The number of amides is 1. The molecule has 5 nitrogen and oxygen atoms in total. The zero-order chi connectivity index (χ0) is 18.4. The third kappa shape index (κ3) is 4.85. The maximum Gasteiger partial charge on any atom is 0.224 e. The van der Waals surface area contributed by atoms with Crippen LogP contribution in [0, 0.1) is 0 Å². The lowest BCUT2D eigenvalue weighted by Gasteiger charge is -2.08. The van der Waals surface area contributed by atoms with Gasteiger partial charge in [-0.15, -0.1) is 0 Å². The van der Waals surface area contributed by atoms with E-state index in [-0.39, 0.29) is 5.91 Å². The van der Waals surface area contributed by atoms with Gasteiger partial charge >= 0.3 is 0 Å². The van der Waals surface area contributed by atoms with Gasteiger partial charge in [0.05, 0.1) is 6.54 Å². The van der Waals surface area contributed by atoms with E-state index < -0.39 is 0 Å². The van der Waals surface area contributed by atoms with Crippen molar-refractivity contribution in [3.8, 4) is 0 Å². The molecule has 2 aromatic rings. The maximum atomic E-state index is 11.6. The predicted molar refractivity (Wildman–Crippen MR) is 107 cm³/mol. The minimum Gasteiger partial charge on any atom is -0.370 e. The third-order valence-electron chi connectivity index (χ3n) is 4.52. The van der Waals surface area contributed by atoms with Gasteiger partial charge in [0.1, 0.15) is 0 Å². The molecule has 0 radical (unpaired) electrons. The fourth-order valence-electron chi connectivity index (χ4n) is 3.16. The molecule has 3 rings (SSSR count).